The number of hydrogen-bond acceptors (Lipinski definition) is 4. The second-order valence-corrected chi connectivity index (χ2v) is 15.1. The van der Waals surface area contributed by atoms with Gasteiger partial charge in [-0.25, -0.2) is 0 Å². The number of allylic oxidation sites excluding steroid dienone is 1. The van der Waals surface area contributed by atoms with Crippen molar-refractivity contribution < 1.29 is 18.4 Å². The number of fused-ring (bicyclic) bond motifs is 4. The number of thiophene rings is 1. The molecule has 0 radical (unpaired) electrons. The minimum atomic E-state index is -3.43. The lowest BCUT2D eigenvalue weighted by atomic mass is 9.88. The van der Waals surface area contributed by atoms with Crippen molar-refractivity contribution in [3.63, 3.8) is 0 Å². The Hall–Kier alpha value is -4.04. The van der Waals surface area contributed by atoms with Crippen molar-refractivity contribution in [2.75, 3.05) is 4.90 Å². The Morgan fingerprint density at radius 1 is 0.680 bits per heavy atom. The molecule has 0 unspecified atom stereocenters. The summed E-state index contributed by atoms with van der Waals surface area (Å²) in [7, 11) is 0. The summed E-state index contributed by atoms with van der Waals surface area (Å²) in [4.78, 5) is 29.3. The molecule has 0 spiro atoms. The Kier molecular flexibility index (Phi) is 7.79. The summed E-state index contributed by atoms with van der Waals surface area (Å²) in [5, 5.41) is 1.39. The van der Waals surface area contributed by atoms with Gasteiger partial charge in [-0.2, -0.15) is 8.78 Å². The molecular weight excluding hydrogens is 738 g/mol. The van der Waals surface area contributed by atoms with Crippen molar-refractivity contribution in [1.29, 1.82) is 0 Å². The maximum absolute atomic E-state index is 17.0. The molecule has 0 amide bonds. The van der Waals surface area contributed by atoms with Crippen molar-refractivity contribution >= 4 is 103 Å². The number of hydrogen-bond donors (Lipinski definition) is 0. The number of benzene rings is 5. The third-order valence-electron chi connectivity index (χ3n) is 9.32. The van der Waals surface area contributed by atoms with E-state index in [4.69, 9.17) is 46.4 Å². The molecule has 0 saturated heterocycles. The fourth-order valence-electron chi connectivity index (χ4n) is 7.24. The smallest absolute Gasteiger partial charge is 0.300 e. The number of Topliss-reactive ketones (excluding diaryl/α,β-unsaturated/α-hetero) is 2. The quantitative estimate of drug-likeness (QED) is 0.0780. The molecule has 0 saturated carbocycles. The van der Waals surface area contributed by atoms with Crippen molar-refractivity contribution in [2.24, 2.45) is 0 Å². The minimum Gasteiger partial charge on any atom is -0.300 e. The molecule has 10 heteroatoms. The third kappa shape index (κ3) is 4.80. The number of carbonyl (C=O) groups is 2. The third-order valence-corrected chi connectivity index (χ3v) is 12.2. The Morgan fingerprint density at radius 3 is 1.96 bits per heavy atom. The average molecular weight is 762 g/mol. The van der Waals surface area contributed by atoms with Gasteiger partial charge in [-0.3, -0.25) is 9.59 Å². The summed E-state index contributed by atoms with van der Waals surface area (Å²) in [5.74, 6) is -4.85. The maximum atomic E-state index is 17.0. The predicted molar refractivity (Wildman–Crippen MR) is 202 cm³/mol. The van der Waals surface area contributed by atoms with Crippen LogP contribution in [0, 0.1) is 20.8 Å². The van der Waals surface area contributed by atoms with E-state index in [0.29, 0.717) is 16.9 Å². The molecule has 1 aliphatic heterocycles. The van der Waals surface area contributed by atoms with Crippen LogP contribution in [-0.2, 0) is 5.92 Å². The van der Waals surface area contributed by atoms with Gasteiger partial charge in [-0.1, -0.05) is 107 Å². The van der Waals surface area contributed by atoms with E-state index < -0.39 is 17.5 Å². The highest BCUT2D eigenvalue weighted by Crippen LogP contribution is 2.58. The number of rotatable bonds is 3. The number of carbonyl (C=O) groups excluding carboxylic acids is 2. The lowest BCUT2D eigenvalue weighted by Gasteiger charge is -2.36. The van der Waals surface area contributed by atoms with Crippen molar-refractivity contribution in [1.82, 2.24) is 0 Å². The van der Waals surface area contributed by atoms with Crippen LogP contribution in [0.5, 0.6) is 0 Å². The molecule has 1 aliphatic carbocycles. The van der Waals surface area contributed by atoms with Crippen LogP contribution in [0.2, 0.25) is 20.1 Å². The Morgan fingerprint density at radius 2 is 1.30 bits per heavy atom. The first-order valence-electron chi connectivity index (χ1n) is 15.5. The van der Waals surface area contributed by atoms with E-state index in [-0.39, 0.29) is 57.8 Å². The number of ketones is 2. The molecule has 0 bridgehead atoms. The first-order valence-corrected chi connectivity index (χ1v) is 17.8. The van der Waals surface area contributed by atoms with E-state index in [0.717, 1.165) is 44.4 Å². The zero-order valence-corrected chi connectivity index (χ0v) is 30.4. The molecule has 1 aromatic heterocycles. The fraction of sp³-hybridized carbons (Fsp3) is 0.100. The molecule has 2 heterocycles. The molecule has 0 fully saturated rings. The standard InChI is InChI=1S/C40H23Cl4F2NO2S/c1-18-13-19(2)30(20(3)14-18)22-11-12-29-26(15-22)40(45,46)27-17-23(50-39(27)47(29)28-10-6-8-21-7-4-5-9-24(21)28)16-25-37(48)31-32(38(25)49)34(42)36(44)35(43)33(31)41/h4-17H,1-3H3. The monoisotopic (exact) mass is 759 g/mol. The van der Waals surface area contributed by atoms with Crippen molar-refractivity contribution in [3.05, 3.63) is 148 Å². The lowest BCUT2D eigenvalue weighted by Crippen LogP contribution is -2.27. The SMILES string of the molecule is Cc1cc(C)c(-c2ccc3c(c2)C(F)(F)c2cc(C=C4C(=O)c5c(Cl)c(Cl)c(Cl)c(Cl)c5C4=O)sc2N3c2cccc3ccccc23)c(C)c1. The van der Waals surface area contributed by atoms with Crippen LogP contribution >= 0.6 is 57.7 Å². The zero-order chi connectivity index (χ0) is 35.4. The van der Waals surface area contributed by atoms with Crippen LogP contribution in [0.1, 0.15) is 53.4 Å². The van der Waals surface area contributed by atoms with E-state index in [1.165, 1.54) is 12.1 Å². The highest BCUT2D eigenvalue weighted by molar-refractivity contribution is 7.17. The second kappa shape index (κ2) is 11.8. The number of aryl methyl sites for hydroxylation is 3. The number of anilines is 3. The summed E-state index contributed by atoms with van der Waals surface area (Å²) in [5.41, 5.74) is 4.71. The van der Waals surface area contributed by atoms with E-state index in [2.05, 4.69) is 0 Å². The Bertz CT molecular complexity index is 2480. The highest BCUT2D eigenvalue weighted by Gasteiger charge is 2.47. The van der Waals surface area contributed by atoms with Gasteiger partial charge in [0.2, 0.25) is 0 Å². The second-order valence-electron chi connectivity index (χ2n) is 12.5. The largest absolute Gasteiger partial charge is 0.303 e. The lowest BCUT2D eigenvalue weighted by molar-refractivity contribution is 0.0430. The van der Waals surface area contributed by atoms with Gasteiger partial charge >= 0.3 is 5.92 Å². The van der Waals surface area contributed by atoms with Crippen molar-refractivity contribution in [2.45, 2.75) is 26.7 Å². The molecule has 0 atom stereocenters. The molecule has 0 N–H and O–H groups in total. The zero-order valence-electron chi connectivity index (χ0n) is 26.5. The highest BCUT2D eigenvalue weighted by atomic mass is 35.5. The molecule has 50 heavy (non-hydrogen) atoms. The van der Waals surface area contributed by atoms with Gasteiger partial charge in [0.25, 0.3) is 0 Å². The summed E-state index contributed by atoms with van der Waals surface area (Å²) in [6.07, 6.45) is 1.31. The number of nitrogens with zero attached hydrogens (tertiary/aromatic N) is 1. The van der Waals surface area contributed by atoms with Gasteiger partial charge in [0.15, 0.2) is 11.6 Å². The van der Waals surface area contributed by atoms with E-state index in [9.17, 15) is 9.59 Å². The van der Waals surface area contributed by atoms with Crippen LogP contribution in [0.4, 0.5) is 25.2 Å². The number of alkyl halides is 2. The fourth-order valence-corrected chi connectivity index (χ4v) is 9.42. The first-order chi connectivity index (χ1) is 23.8. The van der Waals surface area contributed by atoms with E-state index >= 15 is 8.78 Å². The molecule has 6 aromatic rings. The molecule has 248 valence electrons. The van der Waals surface area contributed by atoms with Crippen molar-refractivity contribution in [3.8, 4) is 11.1 Å². The minimum absolute atomic E-state index is 0.149. The summed E-state index contributed by atoms with van der Waals surface area (Å²) in [6, 6.07) is 24.2. The maximum Gasteiger partial charge on any atom is 0.303 e. The van der Waals surface area contributed by atoms with Crippen LogP contribution < -0.4 is 4.90 Å². The van der Waals surface area contributed by atoms with Gasteiger partial charge in [-0.15, -0.1) is 11.3 Å². The van der Waals surface area contributed by atoms with E-state index in [1.807, 2.05) is 86.3 Å². The average Bonchev–Trinajstić information content (AvgIpc) is 3.62. The molecule has 2 aliphatic rings. The normalized spacial score (nSPS) is 14.7. The van der Waals surface area contributed by atoms with Gasteiger partial charge in [0, 0.05) is 10.3 Å². The van der Waals surface area contributed by atoms with Gasteiger partial charge in [-0.05, 0) is 78.8 Å². The summed E-state index contributed by atoms with van der Waals surface area (Å²) < 4.78 is 34.0. The summed E-state index contributed by atoms with van der Waals surface area (Å²) in [6.45, 7) is 5.98. The predicted octanol–water partition coefficient (Wildman–Crippen LogP) is 13.5. The molecule has 5 aromatic carbocycles. The van der Waals surface area contributed by atoms with Gasteiger partial charge in [0.05, 0.1) is 59.3 Å². The van der Waals surface area contributed by atoms with Crippen LogP contribution in [0.25, 0.3) is 28.0 Å². The van der Waals surface area contributed by atoms with Gasteiger partial charge in [0.1, 0.15) is 5.00 Å². The number of halogens is 6. The first kappa shape index (κ1) is 33.1. The van der Waals surface area contributed by atoms with Crippen LogP contribution in [-0.4, -0.2) is 11.6 Å². The molecular formula is C40H23Cl4F2NO2S. The van der Waals surface area contributed by atoms with E-state index in [1.54, 1.807) is 12.1 Å². The van der Waals surface area contributed by atoms with Crippen LogP contribution in [0.3, 0.4) is 0 Å². The summed E-state index contributed by atoms with van der Waals surface area (Å²) >= 11 is 26.2. The Balaban J connectivity index is 1.35. The molecule has 3 nitrogen and oxygen atoms in total. The van der Waals surface area contributed by atoms with Gasteiger partial charge < -0.3 is 4.90 Å². The van der Waals surface area contributed by atoms with Crippen LogP contribution in [0.15, 0.2) is 84.4 Å². The Labute approximate surface area is 310 Å². The molecule has 8 rings (SSSR count). The topological polar surface area (TPSA) is 37.4 Å².